The van der Waals surface area contributed by atoms with Crippen LogP contribution in [0.3, 0.4) is 0 Å². The first-order valence-corrected chi connectivity index (χ1v) is 5.32. The van der Waals surface area contributed by atoms with E-state index >= 15 is 0 Å². The van der Waals surface area contributed by atoms with Crippen molar-refractivity contribution in [3.8, 4) is 0 Å². The number of nitrogens with zero attached hydrogens (tertiary/aromatic N) is 3. The molecule has 1 aromatic heterocycles. The predicted molar refractivity (Wildman–Crippen MR) is 65.6 cm³/mol. The van der Waals surface area contributed by atoms with E-state index < -0.39 is 0 Å². The van der Waals surface area contributed by atoms with Crippen LogP contribution in [-0.4, -0.2) is 29.9 Å². The van der Waals surface area contributed by atoms with Gasteiger partial charge in [0.2, 0.25) is 0 Å². The van der Waals surface area contributed by atoms with Gasteiger partial charge in [0, 0.05) is 26.2 Å². The summed E-state index contributed by atoms with van der Waals surface area (Å²) < 4.78 is 1.40. The molecule has 0 radical (unpaired) electrons. The Balaban J connectivity index is 2.83. The molecule has 0 unspecified atom stereocenters. The van der Waals surface area contributed by atoms with Crippen LogP contribution in [0.4, 0.5) is 5.69 Å². The molecule has 1 rings (SSSR count). The molecular formula is C11H18N4O. The molecule has 0 amide bonds. The molecule has 5 heteroatoms. The third kappa shape index (κ3) is 3.20. The zero-order valence-electron chi connectivity index (χ0n) is 9.76. The van der Waals surface area contributed by atoms with Gasteiger partial charge in [-0.3, -0.25) is 4.79 Å². The molecule has 5 nitrogen and oxygen atoms in total. The van der Waals surface area contributed by atoms with Crippen molar-refractivity contribution in [1.29, 1.82) is 0 Å². The number of nitrogens with two attached hydrogens (primary N) is 1. The van der Waals surface area contributed by atoms with E-state index in [1.54, 1.807) is 18.3 Å². The van der Waals surface area contributed by atoms with Gasteiger partial charge >= 0.3 is 0 Å². The molecular weight excluding hydrogens is 204 g/mol. The Morgan fingerprint density at radius 2 is 2.31 bits per heavy atom. The van der Waals surface area contributed by atoms with Crippen molar-refractivity contribution in [3.63, 3.8) is 0 Å². The Morgan fingerprint density at radius 3 is 2.88 bits per heavy atom. The Kier molecular flexibility index (Phi) is 4.72. The summed E-state index contributed by atoms with van der Waals surface area (Å²) in [6.45, 7) is 3.81. The van der Waals surface area contributed by atoms with Crippen LogP contribution < -0.4 is 16.2 Å². The van der Waals surface area contributed by atoms with Crippen molar-refractivity contribution >= 4 is 5.69 Å². The van der Waals surface area contributed by atoms with E-state index in [1.807, 2.05) is 24.9 Å². The van der Waals surface area contributed by atoms with Crippen LogP contribution in [-0.2, 0) is 6.54 Å². The van der Waals surface area contributed by atoms with E-state index in [9.17, 15) is 4.79 Å². The zero-order valence-corrected chi connectivity index (χ0v) is 9.76. The standard InChI is InChI=1S/C11H18N4O/c1-3-14(2)10-8-11(16)15(13-9-10)7-5-4-6-12/h4-5,8-9H,3,6-7,12H2,1-2H3/b5-4+. The monoisotopic (exact) mass is 222 g/mol. The fourth-order valence-electron chi connectivity index (χ4n) is 1.22. The third-order valence-electron chi connectivity index (χ3n) is 2.35. The zero-order chi connectivity index (χ0) is 12.0. The Bertz CT molecular complexity index is 411. The first-order chi connectivity index (χ1) is 7.69. The van der Waals surface area contributed by atoms with Gasteiger partial charge in [-0.05, 0) is 6.92 Å². The summed E-state index contributed by atoms with van der Waals surface area (Å²) in [6.07, 6.45) is 5.33. The highest BCUT2D eigenvalue weighted by Gasteiger charge is 2.01. The van der Waals surface area contributed by atoms with Gasteiger partial charge in [0.25, 0.3) is 5.56 Å². The summed E-state index contributed by atoms with van der Waals surface area (Å²) in [5.74, 6) is 0. The van der Waals surface area contributed by atoms with Gasteiger partial charge in [-0.15, -0.1) is 0 Å². The van der Waals surface area contributed by atoms with Gasteiger partial charge in [0.1, 0.15) is 0 Å². The molecule has 0 aliphatic carbocycles. The third-order valence-corrected chi connectivity index (χ3v) is 2.35. The fraction of sp³-hybridized carbons (Fsp3) is 0.455. The largest absolute Gasteiger partial charge is 0.373 e. The van der Waals surface area contributed by atoms with Crippen LogP contribution in [0, 0.1) is 0 Å². The van der Waals surface area contributed by atoms with Gasteiger partial charge in [-0.25, -0.2) is 4.68 Å². The molecule has 0 saturated heterocycles. The average molecular weight is 222 g/mol. The number of aromatic nitrogens is 2. The first kappa shape index (κ1) is 12.4. The molecule has 0 aliphatic heterocycles. The molecule has 1 heterocycles. The highest BCUT2D eigenvalue weighted by Crippen LogP contribution is 2.05. The van der Waals surface area contributed by atoms with E-state index in [4.69, 9.17) is 5.73 Å². The van der Waals surface area contributed by atoms with Gasteiger partial charge in [-0.1, -0.05) is 12.2 Å². The molecule has 0 spiro atoms. The smallest absolute Gasteiger partial charge is 0.269 e. The van der Waals surface area contributed by atoms with Crippen LogP contribution in [0.25, 0.3) is 0 Å². The van der Waals surface area contributed by atoms with Crippen molar-refractivity contribution in [2.75, 3.05) is 25.0 Å². The molecule has 0 bridgehead atoms. The van der Waals surface area contributed by atoms with Crippen LogP contribution in [0.1, 0.15) is 6.92 Å². The lowest BCUT2D eigenvalue weighted by Crippen LogP contribution is -2.25. The summed E-state index contributed by atoms with van der Waals surface area (Å²) in [5, 5.41) is 4.09. The molecule has 88 valence electrons. The summed E-state index contributed by atoms with van der Waals surface area (Å²) in [4.78, 5) is 13.6. The summed E-state index contributed by atoms with van der Waals surface area (Å²) in [7, 11) is 1.93. The lowest BCUT2D eigenvalue weighted by atomic mass is 10.4. The maximum atomic E-state index is 11.7. The molecule has 0 aliphatic rings. The van der Waals surface area contributed by atoms with Crippen LogP contribution in [0.15, 0.2) is 29.2 Å². The molecule has 0 atom stereocenters. The van der Waals surface area contributed by atoms with Crippen molar-refractivity contribution in [2.45, 2.75) is 13.5 Å². The maximum Gasteiger partial charge on any atom is 0.269 e. The molecule has 0 aromatic carbocycles. The SMILES string of the molecule is CCN(C)c1cnn(C/C=C/CN)c(=O)c1. The highest BCUT2D eigenvalue weighted by molar-refractivity contribution is 5.41. The summed E-state index contributed by atoms with van der Waals surface area (Å²) in [6, 6.07) is 1.59. The number of allylic oxidation sites excluding steroid dienone is 1. The quantitative estimate of drug-likeness (QED) is 0.724. The number of anilines is 1. The molecule has 1 aromatic rings. The highest BCUT2D eigenvalue weighted by atomic mass is 16.1. The van der Waals surface area contributed by atoms with Gasteiger partial charge in [0.05, 0.1) is 18.4 Å². The van der Waals surface area contributed by atoms with Crippen LogP contribution in [0.2, 0.25) is 0 Å². The lowest BCUT2D eigenvalue weighted by molar-refractivity contribution is 0.649. The van der Waals surface area contributed by atoms with Crippen molar-refractivity contribution in [1.82, 2.24) is 9.78 Å². The molecule has 16 heavy (non-hydrogen) atoms. The number of rotatable bonds is 5. The van der Waals surface area contributed by atoms with E-state index in [2.05, 4.69) is 5.10 Å². The Labute approximate surface area is 95.2 Å². The van der Waals surface area contributed by atoms with E-state index in [-0.39, 0.29) is 5.56 Å². The normalized spacial score (nSPS) is 10.9. The average Bonchev–Trinajstić information content (AvgIpc) is 2.30. The summed E-state index contributed by atoms with van der Waals surface area (Å²) >= 11 is 0. The van der Waals surface area contributed by atoms with Crippen molar-refractivity contribution in [3.05, 3.63) is 34.8 Å². The van der Waals surface area contributed by atoms with E-state index in [0.717, 1.165) is 12.2 Å². The molecule has 0 fully saturated rings. The molecule has 0 saturated carbocycles. The van der Waals surface area contributed by atoms with Crippen molar-refractivity contribution < 1.29 is 0 Å². The minimum atomic E-state index is -0.0977. The van der Waals surface area contributed by atoms with Gasteiger partial charge < -0.3 is 10.6 Å². The maximum absolute atomic E-state index is 11.7. The minimum Gasteiger partial charge on any atom is -0.373 e. The van der Waals surface area contributed by atoms with E-state index in [0.29, 0.717) is 13.1 Å². The predicted octanol–water partition coefficient (Wildman–Crippen LogP) is 0.214. The number of hydrogen-bond donors (Lipinski definition) is 1. The van der Waals surface area contributed by atoms with Gasteiger partial charge in [0.15, 0.2) is 0 Å². The number of hydrogen-bond acceptors (Lipinski definition) is 4. The Morgan fingerprint density at radius 1 is 1.56 bits per heavy atom. The second-order valence-corrected chi connectivity index (χ2v) is 3.46. The topological polar surface area (TPSA) is 64.2 Å². The summed E-state index contributed by atoms with van der Waals surface area (Å²) in [5.41, 5.74) is 6.05. The first-order valence-electron chi connectivity index (χ1n) is 5.32. The minimum absolute atomic E-state index is 0.0977. The van der Waals surface area contributed by atoms with Crippen molar-refractivity contribution in [2.24, 2.45) is 5.73 Å². The van der Waals surface area contributed by atoms with Gasteiger partial charge in [-0.2, -0.15) is 5.10 Å². The second-order valence-electron chi connectivity index (χ2n) is 3.46. The molecule has 2 N–H and O–H groups in total. The van der Waals surface area contributed by atoms with E-state index in [1.165, 1.54) is 4.68 Å². The van der Waals surface area contributed by atoms with Crippen LogP contribution in [0.5, 0.6) is 0 Å². The fourth-order valence-corrected chi connectivity index (χ4v) is 1.22. The van der Waals surface area contributed by atoms with Crippen LogP contribution >= 0.6 is 0 Å². The lowest BCUT2D eigenvalue weighted by Gasteiger charge is -2.15. The second kappa shape index (κ2) is 6.07. The Hall–Kier alpha value is -1.62.